The van der Waals surface area contributed by atoms with Crippen molar-refractivity contribution in [1.82, 2.24) is 9.88 Å². The van der Waals surface area contributed by atoms with Gasteiger partial charge in [-0.15, -0.1) is 11.3 Å². The number of hydrogen-bond acceptors (Lipinski definition) is 8. The Kier molecular flexibility index (Phi) is 10.4. The van der Waals surface area contributed by atoms with Crippen molar-refractivity contribution in [2.45, 2.75) is 32.1 Å². The molecule has 0 aliphatic carbocycles. The second-order valence-corrected chi connectivity index (χ2v) is 11.9. The highest BCUT2D eigenvalue weighted by Crippen LogP contribution is 2.35. The lowest BCUT2D eigenvalue weighted by Crippen LogP contribution is -2.29. The van der Waals surface area contributed by atoms with Gasteiger partial charge in [0.2, 0.25) is 5.91 Å². The highest BCUT2D eigenvalue weighted by molar-refractivity contribution is 8.26. The van der Waals surface area contributed by atoms with E-state index in [2.05, 4.69) is 10.3 Å². The third kappa shape index (κ3) is 7.82. The average Bonchev–Trinajstić information content (AvgIpc) is 3.47. The summed E-state index contributed by atoms with van der Waals surface area (Å²) in [7, 11) is 3.15. The zero-order chi connectivity index (χ0) is 27.8. The number of carbonyl (C=O) groups is 2. The van der Waals surface area contributed by atoms with E-state index in [0.29, 0.717) is 51.7 Å². The molecule has 0 saturated carbocycles. The average molecular weight is 602 g/mol. The van der Waals surface area contributed by atoms with Crippen molar-refractivity contribution in [3.63, 3.8) is 0 Å². The van der Waals surface area contributed by atoms with Crippen LogP contribution in [0.25, 0.3) is 6.08 Å². The van der Waals surface area contributed by atoms with Crippen LogP contribution in [-0.4, -0.2) is 46.8 Å². The van der Waals surface area contributed by atoms with E-state index in [1.165, 1.54) is 23.1 Å². The molecule has 2 aromatic carbocycles. The zero-order valence-corrected chi connectivity index (χ0v) is 24.8. The number of nitrogens with zero attached hydrogens (tertiary/aromatic N) is 2. The summed E-state index contributed by atoms with van der Waals surface area (Å²) in [6, 6.07) is 13.2. The third-order valence-electron chi connectivity index (χ3n) is 5.99. The minimum atomic E-state index is -0.103. The number of nitrogens with one attached hydrogen (secondary N) is 1. The fraction of sp³-hybridized carbons (Fsp3) is 0.286. The van der Waals surface area contributed by atoms with Gasteiger partial charge >= 0.3 is 0 Å². The first-order chi connectivity index (χ1) is 18.9. The van der Waals surface area contributed by atoms with Crippen LogP contribution < -0.4 is 14.8 Å². The Hall–Kier alpha value is -2.92. The fourth-order valence-corrected chi connectivity index (χ4v) is 6.34. The number of amides is 2. The monoisotopic (exact) mass is 601 g/mol. The molecule has 1 aromatic heterocycles. The van der Waals surface area contributed by atoms with Crippen LogP contribution in [0.15, 0.2) is 53.6 Å². The van der Waals surface area contributed by atoms with E-state index in [0.717, 1.165) is 33.9 Å². The molecule has 2 amide bonds. The number of methoxy groups -OCH3 is 2. The Morgan fingerprint density at radius 3 is 2.69 bits per heavy atom. The van der Waals surface area contributed by atoms with Crippen molar-refractivity contribution >= 4 is 74.3 Å². The smallest absolute Gasteiger partial charge is 0.266 e. The van der Waals surface area contributed by atoms with Crippen molar-refractivity contribution in [2.75, 3.05) is 26.1 Å². The van der Waals surface area contributed by atoms with E-state index >= 15 is 0 Å². The number of ether oxygens (including phenoxy) is 2. The number of hydrogen-bond donors (Lipinski definition) is 1. The lowest BCUT2D eigenvalue weighted by molar-refractivity contribution is -0.122. The lowest BCUT2D eigenvalue weighted by Gasteiger charge is -2.14. The number of thiazole rings is 1. The van der Waals surface area contributed by atoms with Crippen LogP contribution in [0.2, 0.25) is 5.02 Å². The first kappa shape index (κ1) is 29.1. The molecule has 11 heteroatoms. The van der Waals surface area contributed by atoms with E-state index in [1.807, 2.05) is 42.5 Å². The third-order valence-corrected chi connectivity index (χ3v) is 8.65. The van der Waals surface area contributed by atoms with Crippen LogP contribution in [-0.2, 0) is 16.0 Å². The van der Waals surface area contributed by atoms with Gasteiger partial charge < -0.3 is 14.8 Å². The minimum Gasteiger partial charge on any atom is -0.493 e. The summed E-state index contributed by atoms with van der Waals surface area (Å²) in [6.45, 7) is 0.521. The van der Waals surface area contributed by atoms with Gasteiger partial charge in [-0.3, -0.25) is 14.5 Å². The molecule has 2 heterocycles. The topological polar surface area (TPSA) is 80.8 Å². The number of anilines is 1. The largest absolute Gasteiger partial charge is 0.493 e. The first-order valence-electron chi connectivity index (χ1n) is 12.3. The summed E-state index contributed by atoms with van der Waals surface area (Å²) in [6.07, 6.45) is 6.90. The molecular weight excluding hydrogens is 574 g/mol. The zero-order valence-electron chi connectivity index (χ0n) is 21.6. The van der Waals surface area contributed by atoms with Crippen LogP contribution in [0.3, 0.4) is 0 Å². The molecule has 0 atom stereocenters. The molecule has 0 unspecified atom stereocenters. The van der Waals surface area contributed by atoms with E-state index in [1.54, 1.807) is 31.4 Å². The number of halogens is 1. The number of thioether (sulfide) groups is 1. The quantitative estimate of drug-likeness (QED) is 0.139. The molecule has 0 radical (unpaired) electrons. The van der Waals surface area contributed by atoms with E-state index in [4.69, 9.17) is 33.3 Å². The Bertz CT molecular complexity index is 1390. The second-order valence-electron chi connectivity index (χ2n) is 8.71. The highest BCUT2D eigenvalue weighted by atomic mass is 35.5. The van der Waals surface area contributed by atoms with Gasteiger partial charge in [0.05, 0.1) is 19.1 Å². The summed E-state index contributed by atoms with van der Waals surface area (Å²) in [5, 5.41) is 4.18. The maximum absolute atomic E-state index is 12.9. The maximum atomic E-state index is 12.9. The van der Waals surface area contributed by atoms with Crippen LogP contribution in [0.4, 0.5) is 5.13 Å². The molecule has 1 aliphatic rings. The van der Waals surface area contributed by atoms with Gasteiger partial charge in [0.1, 0.15) is 4.32 Å². The highest BCUT2D eigenvalue weighted by Gasteiger charge is 2.31. The molecule has 1 fully saturated rings. The molecule has 1 aliphatic heterocycles. The molecule has 0 spiro atoms. The molecule has 3 aromatic rings. The van der Waals surface area contributed by atoms with E-state index < -0.39 is 0 Å². The first-order valence-corrected chi connectivity index (χ1v) is 14.7. The van der Waals surface area contributed by atoms with Gasteiger partial charge in [0, 0.05) is 35.5 Å². The van der Waals surface area contributed by atoms with E-state index in [-0.39, 0.29) is 11.8 Å². The fourth-order valence-electron chi connectivity index (χ4n) is 3.98. The number of benzene rings is 2. The SMILES string of the molecule is COc1ccc(C=C2SC(=S)N(CCCCCC(=O)Nc3ncc(Cc4ccccc4Cl)s3)C2=O)cc1OC. The molecule has 1 saturated heterocycles. The van der Waals surface area contributed by atoms with E-state index in [9.17, 15) is 9.59 Å². The molecule has 4 rings (SSSR count). The summed E-state index contributed by atoms with van der Waals surface area (Å²) in [4.78, 5) is 32.9. The number of thiocarbonyl (C=S) groups is 1. The molecule has 204 valence electrons. The summed E-state index contributed by atoms with van der Waals surface area (Å²) in [5.74, 6) is 1.05. The van der Waals surface area contributed by atoms with Crippen LogP contribution in [0.5, 0.6) is 11.5 Å². The summed E-state index contributed by atoms with van der Waals surface area (Å²) < 4.78 is 11.2. The Morgan fingerprint density at radius 1 is 1.13 bits per heavy atom. The van der Waals surface area contributed by atoms with Crippen molar-refractivity contribution in [3.8, 4) is 11.5 Å². The predicted octanol–water partition coefficient (Wildman–Crippen LogP) is 6.80. The lowest BCUT2D eigenvalue weighted by atomic mass is 10.1. The van der Waals surface area contributed by atoms with Crippen molar-refractivity contribution in [2.24, 2.45) is 0 Å². The molecule has 7 nitrogen and oxygen atoms in total. The maximum Gasteiger partial charge on any atom is 0.266 e. The molecule has 1 N–H and O–H groups in total. The standard InChI is InChI=1S/C28H28ClN3O4S3/c1-35-22-12-11-18(14-23(22)36-2)15-24-26(34)32(28(37)39-24)13-7-3-4-10-25(33)31-27-30-17-20(38-27)16-19-8-5-6-9-21(19)29/h5-6,8-9,11-12,14-15,17H,3-4,7,10,13,16H2,1-2H3,(H,30,31,33). The minimum absolute atomic E-state index is 0.0721. The number of rotatable bonds is 12. The Morgan fingerprint density at radius 2 is 1.92 bits per heavy atom. The normalized spacial score (nSPS) is 14.2. The Balaban J connectivity index is 1.19. The van der Waals surface area contributed by atoms with Crippen molar-refractivity contribution < 1.29 is 19.1 Å². The van der Waals surface area contributed by atoms with Gasteiger partial charge in [-0.25, -0.2) is 4.98 Å². The van der Waals surface area contributed by atoms with Gasteiger partial charge in [0.15, 0.2) is 16.6 Å². The van der Waals surface area contributed by atoms with Crippen molar-refractivity contribution in [1.29, 1.82) is 0 Å². The number of aromatic nitrogens is 1. The van der Waals surface area contributed by atoms with Crippen LogP contribution in [0, 0.1) is 0 Å². The molecule has 0 bridgehead atoms. The summed E-state index contributed by atoms with van der Waals surface area (Å²) >= 11 is 14.4. The molecular formula is C28H28ClN3O4S3. The van der Waals surface area contributed by atoms with Gasteiger partial charge in [0.25, 0.3) is 5.91 Å². The van der Waals surface area contributed by atoms with Gasteiger partial charge in [-0.05, 0) is 48.2 Å². The number of unbranched alkanes of at least 4 members (excludes halogenated alkanes) is 2. The van der Waals surface area contributed by atoms with Gasteiger partial charge in [-0.2, -0.15) is 0 Å². The van der Waals surface area contributed by atoms with Gasteiger partial charge in [-0.1, -0.05) is 66.3 Å². The predicted molar refractivity (Wildman–Crippen MR) is 163 cm³/mol. The van der Waals surface area contributed by atoms with Crippen LogP contribution >= 0.6 is 46.9 Å². The van der Waals surface area contributed by atoms with Crippen LogP contribution in [0.1, 0.15) is 41.7 Å². The molecule has 39 heavy (non-hydrogen) atoms. The second kappa shape index (κ2) is 13.9. The Labute approximate surface area is 246 Å². The van der Waals surface area contributed by atoms with Crippen molar-refractivity contribution in [3.05, 3.63) is 74.6 Å². The summed E-state index contributed by atoms with van der Waals surface area (Å²) in [5.41, 5.74) is 1.86. The number of carbonyl (C=O) groups excluding carboxylic acids is 2.